The van der Waals surface area contributed by atoms with Crippen molar-refractivity contribution in [3.05, 3.63) is 45.2 Å². The van der Waals surface area contributed by atoms with Crippen LogP contribution in [0.4, 0.5) is 17.5 Å². The van der Waals surface area contributed by atoms with Gasteiger partial charge in [0, 0.05) is 25.2 Å². The Morgan fingerprint density at radius 1 is 1.27 bits per heavy atom. The molecular weight excluding hydrogens is 382 g/mol. The van der Waals surface area contributed by atoms with Gasteiger partial charge in [-0.25, -0.2) is 0 Å². The van der Waals surface area contributed by atoms with Gasteiger partial charge in [0.25, 0.3) is 5.56 Å². The van der Waals surface area contributed by atoms with Gasteiger partial charge in [0.1, 0.15) is 5.82 Å². The molecule has 2 aliphatic rings. The predicted octanol–water partition coefficient (Wildman–Crippen LogP) is 2.69. The van der Waals surface area contributed by atoms with E-state index < -0.39 is 5.92 Å². The summed E-state index contributed by atoms with van der Waals surface area (Å²) in [5, 5.41) is 5.57. The molecule has 8 heteroatoms. The number of nitrogens with one attached hydrogen (secondary N) is 3. The summed E-state index contributed by atoms with van der Waals surface area (Å²) in [6, 6.07) is 5.76. The normalized spacial score (nSPS) is 21.0. The molecule has 0 saturated carbocycles. The van der Waals surface area contributed by atoms with Gasteiger partial charge in [0.15, 0.2) is 0 Å². The summed E-state index contributed by atoms with van der Waals surface area (Å²) in [5.74, 6) is -0.457. The summed E-state index contributed by atoms with van der Waals surface area (Å²) in [6.07, 6.45) is 2.08. The summed E-state index contributed by atoms with van der Waals surface area (Å²) in [6.45, 7) is 7.60. The first kappa shape index (κ1) is 20.1. The molecule has 1 fully saturated rings. The number of anilines is 3. The molecule has 3 heterocycles. The molecule has 0 aliphatic carbocycles. The summed E-state index contributed by atoms with van der Waals surface area (Å²) in [4.78, 5) is 47.7. The number of benzene rings is 1. The third-order valence-electron chi connectivity index (χ3n) is 5.86. The lowest BCUT2D eigenvalue weighted by molar-refractivity contribution is -0.123. The van der Waals surface area contributed by atoms with Gasteiger partial charge >= 0.3 is 0 Å². The number of aryl methyl sites for hydroxylation is 2. The highest BCUT2D eigenvalue weighted by Gasteiger charge is 2.35. The Labute approximate surface area is 175 Å². The maximum absolute atomic E-state index is 13.0. The van der Waals surface area contributed by atoms with Crippen molar-refractivity contribution >= 4 is 29.3 Å². The number of hydrogen-bond donors (Lipinski definition) is 3. The zero-order chi connectivity index (χ0) is 21.4. The monoisotopic (exact) mass is 409 g/mol. The highest BCUT2D eigenvalue weighted by atomic mass is 16.2. The molecule has 2 aromatic rings. The number of aromatic nitrogens is 2. The van der Waals surface area contributed by atoms with Crippen LogP contribution in [0.3, 0.4) is 0 Å². The van der Waals surface area contributed by atoms with E-state index in [0.29, 0.717) is 17.6 Å². The first-order chi connectivity index (χ1) is 14.3. The van der Waals surface area contributed by atoms with Crippen molar-refractivity contribution in [2.45, 2.75) is 46.0 Å². The number of rotatable bonds is 3. The topological polar surface area (TPSA) is 107 Å². The number of hydrogen-bond acceptors (Lipinski definition) is 5. The lowest BCUT2D eigenvalue weighted by Gasteiger charge is -2.32. The highest BCUT2D eigenvalue weighted by molar-refractivity contribution is 6.04. The lowest BCUT2D eigenvalue weighted by atomic mass is 9.92. The molecule has 8 nitrogen and oxygen atoms in total. The minimum atomic E-state index is -0.890. The first-order valence-corrected chi connectivity index (χ1v) is 10.4. The molecule has 2 aliphatic heterocycles. The van der Waals surface area contributed by atoms with Crippen molar-refractivity contribution in [3.63, 3.8) is 0 Å². The second-order valence-corrected chi connectivity index (χ2v) is 8.46. The molecule has 1 aromatic heterocycles. The number of aromatic amines is 1. The average molecular weight is 409 g/mol. The fourth-order valence-electron chi connectivity index (χ4n) is 4.21. The molecule has 2 amide bonds. The van der Waals surface area contributed by atoms with Gasteiger partial charge in [0.05, 0.1) is 11.5 Å². The average Bonchev–Trinajstić information content (AvgIpc) is 2.69. The van der Waals surface area contributed by atoms with E-state index in [0.717, 1.165) is 37.1 Å². The van der Waals surface area contributed by atoms with Crippen LogP contribution >= 0.6 is 0 Å². The van der Waals surface area contributed by atoms with Gasteiger partial charge in [-0.1, -0.05) is 19.1 Å². The van der Waals surface area contributed by atoms with E-state index in [1.807, 2.05) is 36.9 Å². The molecule has 4 rings (SSSR count). The highest BCUT2D eigenvalue weighted by Crippen LogP contribution is 2.31. The van der Waals surface area contributed by atoms with Crippen molar-refractivity contribution in [2.75, 3.05) is 28.6 Å². The van der Waals surface area contributed by atoms with Crippen LogP contribution in [0.15, 0.2) is 23.0 Å². The van der Waals surface area contributed by atoms with Crippen molar-refractivity contribution in [1.82, 2.24) is 9.97 Å². The lowest BCUT2D eigenvalue weighted by Crippen LogP contribution is -2.40. The van der Waals surface area contributed by atoms with Crippen LogP contribution in [-0.4, -0.2) is 34.9 Å². The van der Waals surface area contributed by atoms with E-state index in [9.17, 15) is 14.4 Å². The SMILES string of the molecule is Cc1ccc(C)c(NC(=O)[C@H]2CC(=O)Nc3nc(N4CCC[C@H](C)C4)[nH]c(=O)c32)c1. The summed E-state index contributed by atoms with van der Waals surface area (Å²) >= 11 is 0. The Morgan fingerprint density at radius 2 is 2.07 bits per heavy atom. The van der Waals surface area contributed by atoms with Gasteiger partial charge < -0.3 is 15.5 Å². The van der Waals surface area contributed by atoms with Gasteiger partial charge in [-0.05, 0) is 49.8 Å². The number of amides is 2. The van der Waals surface area contributed by atoms with Crippen LogP contribution in [0.25, 0.3) is 0 Å². The standard InChI is InChI=1S/C22H27N5O3/c1-12-6-7-14(3)16(9-12)23-20(29)15-10-17(28)24-19-18(15)21(30)26-22(25-19)27-8-4-5-13(2)11-27/h6-7,9,13,15H,4-5,8,10-11H2,1-3H3,(H,23,29)(H2,24,25,26,28,30)/t13-,15-/m0/s1. The summed E-state index contributed by atoms with van der Waals surface area (Å²) in [5.41, 5.74) is 2.44. The van der Waals surface area contributed by atoms with Gasteiger partial charge in [-0.2, -0.15) is 4.98 Å². The Hall–Kier alpha value is -3.16. The van der Waals surface area contributed by atoms with E-state index in [1.54, 1.807) is 0 Å². The zero-order valence-corrected chi connectivity index (χ0v) is 17.5. The fraction of sp³-hybridized carbons (Fsp3) is 0.455. The number of nitrogens with zero attached hydrogens (tertiary/aromatic N) is 2. The van der Waals surface area contributed by atoms with Gasteiger partial charge in [-0.3, -0.25) is 19.4 Å². The van der Waals surface area contributed by atoms with Crippen LogP contribution < -0.4 is 21.1 Å². The van der Waals surface area contributed by atoms with Crippen LogP contribution in [0.5, 0.6) is 0 Å². The predicted molar refractivity (Wildman–Crippen MR) is 116 cm³/mol. The van der Waals surface area contributed by atoms with E-state index in [-0.39, 0.29) is 35.2 Å². The molecule has 158 valence electrons. The quantitative estimate of drug-likeness (QED) is 0.723. The Bertz CT molecular complexity index is 1060. The molecule has 0 radical (unpaired) electrons. The van der Waals surface area contributed by atoms with Crippen molar-refractivity contribution in [2.24, 2.45) is 5.92 Å². The van der Waals surface area contributed by atoms with Crippen LogP contribution in [0.1, 0.15) is 48.8 Å². The van der Waals surface area contributed by atoms with Gasteiger partial charge in [-0.15, -0.1) is 0 Å². The number of piperidine rings is 1. The number of carbonyl (C=O) groups is 2. The van der Waals surface area contributed by atoms with E-state index >= 15 is 0 Å². The molecule has 0 unspecified atom stereocenters. The molecular formula is C22H27N5O3. The number of carbonyl (C=O) groups excluding carboxylic acids is 2. The summed E-state index contributed by atoms with van der Waals surface area (Å²) in [7, 11) is 0. The smallest absolute Gasteiger partial charge is 0.258 e. The maximum atomic E-state index is 13.0. The Kier molecular flexibility index (Phi) is 5.32. The van der Waals surface area contributed by atoms with Crippen molar-refractivity contribution < 1.29 is 9.59 Å². The molecule has 3 N–H and O–H groups in total. The minimum Gasteiger partial charge on any atom is -0.342 e. The molecule has 2 atom stereocenters. The van der Waals surface area contributed by atoms with E-state index in [1.165, 1.54) is 0 Å². The second-order valence-electron chi connectivity index (χ2n) is 8.46. The van der Waals surface area contributed by atoms with Crippen LogP contribution in [-0.2, 0) is 9.59 Å². The fourth-order valence-corrected chi connectivity index (χ4v) is 4.21. The van der Waals surface area contributed by atoms with Crippen LogP contribution in [0.2, 0.25) is 0 Å². The number of H-pyrrole nitrogens is 1. The molecule has 1 saturated heterocycles. The molecule has 1 aromatic carbocycles. The largest absolute Gasteiger partial charge is 0.342 e. The number of fused-ring (bicyclic) bond motifs is 1. The Morgan fingerprint density at radius 3 is 2.83 bits per heavy atom. The second kappa shape index (κ2) is 7.93. The van der Waals surface area contributed by atoms with E-state index in [4.69, 9.17) is 0 Å². The van der Waals surface area contributed by atoms with Gasteiger partial charge in [0.2, 0.25) is 17.8 Å². The third-order valence-corrected chi connectivity index (χ3v) is 5.86. The zero-order valence-electron chi connectivity index (χ0n) is 17.5. The first-order valence-electron chi connectivity index (χ1n) is 10.4. The third kappa shape index (κ3) is 3.94. The minimum absolute atomic E-state index is 0.0887. The van der Waals surface area contributed by atoms with E-state index in [2.05, 4.69) is 27.5 Å². The Balaban J connectivity index is 1.66. The van der Waals surface area contributed by atoms with Crippen molar-refractivity contribution in [1.29, 1.82) is 0 Å². The molecule has 0 spiro atoms. The maximum Gasteiger partial charge on any atom is 0.258 e. The summed E-state index contributed by atoms with van der Waals surface area (Å²) < 4.78 is 0. The van der Waals surface area contributed by atoms with Crippen LogP contribution in [0, 0.1) is 19.8 Å². The molecule has 0 bridgehead atoms. The van der Waals surface area contributed by atoms with Crippen molar-refractivity contribution in [3.8, 4) is 0 Å². The molecule has 30 heavy (non-hydrogen) atoms.